The van der Waals surface area contributed by atoms with E-state index in [0.717, 1.165) is 24.9 Å². The van der Waals surface area contributed by atoms with Crippen molar-refractivity contribution in [1.29, 1.82) is 5.26 Å². The second-order valence-electron chi connectivity index (χ2n) is 4.09. The molecule has 3 heteroatoms. The van der Waals surface area contributed by atoms with E-state index in [4.69, 9.17) is 5.26 Å². The molecule has 0 aromatic heterocycles. The van der Waals surface area contributed by atoms with E-state index in [1.807, 2.05) is 11.8 Å². The van der Waals surface area contributed by atoms with Gasteiger partial charge >= 0.3 is 0 Å². The van der Waals surface area contributed by atoms with E-state index in [9.17, 15) is 4.79 Å². The molecule has 0 aromatic rings. The standard InChI is InChI=1S/C10H14N2O/c1-2-7(4-11)10(13)12-5-8-3-9(8)6-12/h7-9H,2-3,5-6H2,1H3. The Balaban J connectivity index is 1.93. The number of likely N-dealkylation sites (tertiary alicyclic amines) is 1. The largest absolute Gasteiger partial charge is 0.341 e. The molecule has 2 aliphatic rings. The van der Waals surface area contributed by atoms with Crippen molar-refractivity contribution in [3.63, 3.8) is 0 Å². The van der Waals surface area contributed by atoms with Crippen LogP contribution in [0.1, 0.15) is 19.8 Å². The number of carbonyl (C=O) groups is 1. The minimum atomic E-state index is -0.405. The highest BCUT2D eigenvalue weighted by Crippen LogP contribution is 2.45. The number of nitrogens with zero attached hydrogens (tertiary/aromatic N) is 2. The lowest BCUT2D eigenvalue weighted by atomic mass is 10.1. The summed E-state index contributed by atoms with van der Waals surface area (Å²) in [7, 11) is 0. The SMILES string of the molecule is CCC(C#N)C(=O)N1CC2CC2C1. The van der Waals surface area contributed by atoms with E-state index in [1.54, 1.807) is 0 Å². The van der Waals surface area contributed by atoms with E-state index >= 15 is 0 Å². The first-order valence-electron chi connectivity index (χ1n) is 4.94. The van der Waals surface area contributed by atoms with Crippen molar-refractivity contribution in [3.05, 3.63) is 0 Å². The number of nitriles is 1. The average molecular weight is 178 g/mol. The molecule has 0 N–H and O–H groups in total. The van der Waals surface area contributed by atoms with Crippen molar-refractivity contribution in [2.45, 2.75) is 19.8 Å². The molecule has 1 heterocycles. The second kappa shape index (κ2) is 3.02. The normalized spacial score (nSPS) is 32.2. The topological polar surface area (TPSA) is 44.1 Å². The minimum Gasteiger partial charge on any atom is -0.341 e. The summed E-state index contributed by atoms with van der Waals surface area (Å²) in [5, 5.41) is 8.74. The number of fused-ring (bicyclic) bond motifs is 1. The summed E-state index contributed by atoms with van der Waals surface area (Å²) in [4.78, 5) is 13.5. The summed E-state index contributed by atoms with van der Waals surface area (Å²) in [6, 6.07) is 2.07. The van der Waals surface area contributed by atoms with Gasteiger partial charge in [-0.2, -0.15) is 5.26 Å². The summed E-state index contributed by atoms with van der Waals surface area (Å²) in [6.07, 6.45) is 1.94. The van der Waals surface area contributed by atoms with Crippen LogP contribution in [0, 0.1) is 29.1 Å². The molecular weight excluding hydrogens is 164 g/mol. The zero-order valence-corrected chi connectivity index (χ0v) is 7.86. The molecule has 2 fully saturated rings. The van der Waals surface area contributed by atoms with Gasteiger partial charge < -0.3 is 4.90 Å². The Labute approximate surface area is 78.3 Å². The van der Waals surface area contributed by atoms with Gasteiger partial charge in [0.1, 0.15) is 5.92 Å². The van der Waals surface area contributed by atoms with Crippen molar-refractivity contribution in [2.75, 3.05) is 13.1 Å². The summed E-state index contributed by atoms with van der Waals surface area (Å²) < 4.78 is 0. The van der Waals surface area contributed by atoms with Crippen LogP contribution >= 0.6 is 0 Å². The molecule has 70 valence electrons. The fourth-order valence-corrected chi connectivity index (χ4v) is 2.12. The average Bonchev–Trinajstić information content (AvgIpc) is 2.75. The van der Waals surface area contributed by atoms with Gasteiger partial charge in [-0.25, -0.2) is 0 Å². The van der Waals surface area contributed by atoms with Crippen LogP contribution in [0.15, 0.2) is 0 Å². The van der Waals surface area contributed by atoms with Crippen molar-refractivity contribution >= 4 is 5.91 Å². The number of hydrogen-bond donors (Lipinski definition) is 0. The van der Waals surface area contributed by atoms with Gasteiger partial charge in [0.25, 0.3) is 0 Å². The van der Waals surface area contributed by atoms with Crippen LogP contribution in [0.3, 0.4) is 0 Å². The number of rotatable bonds is 2. The van der Waals surface area contributed by atoms with Crippen molar-refractivity contribution in [2.24, 2.45) is 17.8 Å². The zero-order valence-electron chi connectivity index (χ0n) is 7.86. The molecule has 1 amide bonds. The van der Waals surface area contributed by atoms with E-state index in [1.165, 1.54) is 6.42 Å². The molecule has 1 saturated heterocycles. The monoisotopic (exact) mass is 178 g/mol. The molecule has 13 heavy (non-hydrogen) atoms. The van der Waals surface area contributed by atoms with Crippen molar-refractivity contribution < 1.29 is 4.79 Å². The third-order valence-electron chi connectivity index (χ3n) is 3.15. The maximum atomic E-state index is 11.7. The Morgan fingerprint density at radius 2 is 2.23 bits per heavy atom. The van der Waals surface area contributed by atoms with Gasteiger partial charge in [-0.1, -0.05) is 6.92 Å². The molecule has 0 aromatic carbocycles. The zero-order chi connectivity index (χ0) is 9.42. The van der Waals surface area contributed by atoms with E-state index in [-0.39, 0.29) is 5.91 Å². The molecule has 0 spiro atoms. The van der Waals surface area contributed by atoms with Crippen molar-refractivity contribution in [3.8, 4) is 6.07 Å². The molecule has 1 aliphatic carbocycles. The van der Waals surface area contributed by atoms with Gasteiger partial charge in [-0.05, 0) is 24.7 Å². The summed E-state index contributed by atoms with van der Waals surface area (Å²) in [5.74, 6) is 1.18. The van der Waals surface area contributed by atoms with Gasteiger partial charge in [0.05, 0.1) is 6.07 Å². The molecule has 0 radical (unpaired) electrons. The minimum absolute atomic E-state index is 0.0530. The van der Waals surface area contributed by atoms with E-state index in [0.29, 0.717) is 6.42 Å². The summed E-state index contributed by atoms with van der Waals surface area (Å²) >= 11 is 0. The molecule has 3 unspecified atom stereocenters. The van der Waals surface area contributed by atoms with Crippen LogP contribution < -0.4 is 0 Å². The third-order valence-corrected chi connectivity index (χ3v) is 3.15. The lowest BCUT2D eigenvalue weighted by molar-refractivity contribution is -0.133. The molecule has 1 saturated carbocycles. The van der Waals surface area contributed by atoms with E-state index < -0.39 is 5.92 Å². The Morgan fingerprint density at radius 3 is 2.69 bits per heavy atom. The summed E-state index contributed by atoms with van der Waals surface area (Å²) in [6.45, 7) is 3.70. The smallest absolute Gasteiger partial charge is 0.239 e. The quantitative estimate of drug-likeness (QED) is 0.633. The van der Waals surface area contributed by atoms with Crippen LogP contribution in [0.25, 0.3) is 0 Å². The number of amides is 1. The highest BCUT2D eigenvalue weighted by atomic mass is 16.2. The molecule has 3 atom stereocenters. The lowest BCUT2D eigenvalue weighted by Crippen LogP contribution is -2.34. The first kappa shape index (κ1) is 8.55. The van der Waals surface area contributed by atoms with Crippen molar-refractivity contribution in [1.82, 2.24) is 4.90 Å². The van der Waals surface area contributed by atoms with Crippen LogP contribution in [0.4, 0.5) is 0 Å². The fourth-order valence-electron chi connectivity index (χ4n) is 2.12. The van der Waals surface area contributed by atoms with Crippen LogP contribution in [0.5, 0.6) is 0 Å². The van der Waals surface area contributed by atoms with E-state index in [2.05, 4.69) is 6.07 Å². The molecule has 3 nitrogen and oxygen atoms in total. The predicted octanol–water partition coefficient (Wildman–Crippen LogP) is 1.01. The number of hydrogen-bond acceptors (Lipinski definition) is 2. The Bertz CT molecular complexity index is 259. The maximum absolute atomic E-state index is 11.7. The van der Waals surface area contributed by atoms with Crippen LogP contribution in [-0.4, -0.2) is 23.9 Å². The lowest BCUT2D eigenvalue weighted by Gasteiger charge is -2.19. The first-order valence-corrected chi connectivity index (χ1v) is 4.94. The van der Waals surface area contributed by atoms with Crippen LogP contribution in [0.2, 0.25) is 0 Å². The fraction of sp³-hybridized carbons (Fsp3) is 0.800. The van der Waals surface area contributed by atoms with Gasteiger partial charge in [-0.3, -0.25) is 4.79 Å². The first-order chi connectivity index (χ1) is 6.26. The Hall–Kier alpha value is -1.04. The number of piperidine rings is 1. The molecule has 1 aliphatic heterocycles. The predicted molar refractivity (Wildman–Crippen MR) is 47.6 cm³/mol. The van der Waals surface area contributed by atoms with Gasteiger partial charge in [0.2, 0.25) is 5.91 Å². The van der Waals surface area contributed by atoms with Crippen LogP contribution in [-0.2, 0) is 4.79 Å². The molecular formula is C10H14N2O. The van der Waals surface area contributed by atoms with Gasteiger partial charge in [0, 0.05) is 13.1 Å². The van der Waals surface area contributed by atoms with Gasteiger partial charge in [0.15, 0.2) is 0 Å². The Kier molecular flexibility index (Phi) is 1.99. The summed E-state index contributed by atoms with van der Waals surface area (Å²) in [5.41, 5.74) is 0. The highest BCUT2D eigenvalue weighted by molar-refractivity contribution is 5.81. The second-order valence-corrected chi connectivity index (χ2v) is 4.09. The maximum Gasteiger partial charge on any atom is 0.239 e. The molecule has 2 rings (SSSR count). The highest BCUT2D eigenvalue weighted by Gasteiger charge is 2.47. The van der Waals surface area contributed by atoms with Gasteiger partial charge in [-0.15, -0.1) is 0 Å². The molecule has 0 bridgehead atoms. The third kappa shape index (κ3) is 1.41. The number of carbonyl (C=O) groups excluding carboxylic acids is 1. The Morgan fingerprint density at radius 1 is 1.62 bits per heavy atom.